The Hall–Kier alpha value is -2.05. The Balaban J connectivity index is 2.13. The van der Waals surface area contributed by atoms with Crippen LogP contribution in [0.5, 0.6) is 5.88 Å². The molecule has 23 heavy (non-hydrogen) atoms. The highest BCUT2D eigenvalue weighted by atomic mass is 19.1. The molecule has 0 saturated heterocycles. The van der Waals surface area contributed by atoms with Crippen LogP contribution in [0.25, 0.3) is 0 Å². The lowest BCUT2D eigenvalue weighted by Crippen LogP contribution is -2.51. The van der Waals surface area contributed by atoms with E-state index < -0.39 is 17.2 Å². The summed E-state index contributed by atoms with van der Waals surface area (Å²) in [7, 11) is 1.51. The Kier molecular flexibility index (Phi) is 4.04. The summed E-state index contributed by atoms with van der Waals surface area (Å²) >= 11 is 0. The first-order valence-electron chi connectivity index (χ1n) is 7.35. The normalized spacial score (nSPS) is 23.4. The summed E-state index contributed by atoms with van der Waals surface area (Å²) in [6, 6.07) is 5.19. The fourth-order valence-corrected chi connectivity index (χ4v) is 3.36. The second-order valence-electron chi connectivity index (χ2n) is 5.88. The van der Waals surface area contributed by atoms with E-state index in [4.69, 9.17) is 10.5 Å². The van der Waals surface area contributed by atoms with Crippen molar-refractivity contribution in [3.05, 3.63) is 58.8 Å². The van der Waals surface area contributed by atoms with Crippen LogP contribution in [0.1, 0.15) is 16.7 Å². The van der Waals surface area contributed by atoms with E-state index in [0.717, 1.165) is 17.2 Å². The summed E-state index contributed by atoms with van der Waals surface area (Å²) in [6.45, 7) is -0.197. The van der Waals surface area contributed by atoms with Crippen LogP contribution in [0.2, 0.25) is 0 Å². The molecule has 122 valence electrons. The van der Waals surface area contributed by atoms with Crippen molar-refractivity contribution in [1.29, 1.82) is 0 Å². The van der Waals surface area contributed by atoms with E-state index in [1.165, 1.54) is 19.2 Å². The molecule has 0 radical (unpaired) electrons. The maximum atomic E-state index is 14.3. The van der Waals surface area contributed by atoms with Crippen molar-refractivity contribution in [1.82, 2.24) is 4.98 Å². The van der Waals surface area contributed by atoms with Crippen LogP contribution >= 0.6 is 0 Å². The van der Waals surface area contributed by atoms with Crippen molar-refractivity contribution in [2.45, 2.75) is 18.4 Å². The number of aromatic nitrogens is 1. The van der Waals surface area contributed by atoms with Gasteiger partial charge in [0.25, 0.3) is 0 Å². The smallest absolute Gasteiger partial charge is 0.216 e. The zero-order chi connectivity index (χ0) is 16.6. The lowest BCUT2D eigenvalue weighted by molar-refractivity contribution is 0.136. The molecule has 0 fully saturated rings. The van der Waals surface area contributed by atoms with Crippen molar-refractivity contribution in [3.63, 3.8) is 0 Å². The van der Waals surface area contributed by atoms with Gasteiger partial charge in [0.1, 0.15) is 11.6 Å². The summed E-state index contributed by atoms with van der Waals surface area (Å²) in [5, 5.41) is 9.76. The first-order valence-corrected chi connectivity index (χ1v) is 7.35. The first kappa shape index (κ1) is 15.8. The standard InChI is InChI=1S/C17H18F2N2O2/c1-23-16-13-8-17(20,14-3-2-12(18)7-15(14)19)11(9-22)6-10(13)4-5-21-16/h2-5,7,11,22H,6,8-9,20H2,1H3/t11-,17-/m0/s1. The zero-order valence-corrected chi connectivity index (χ0v) is 12.7. The number of methoxy groups -OCH3 is 1. The Morgan fingerprint density at radius 3 is 2.83 bits per heavy atom. The minimum absolute atomic E-state index is 0.189. The van der Waals surface area contributed by atoms with E-state index in [0.29, 0.717) is 12.3 Å². The van der Waals surface area contributed by atoms with E-state index in [2.05, 4.69) is 4.98 Å². The molecule has 1 aromatic carbocycles. The van der Waals surface area contributed by atoms with Crippen LogP contribution in [0.4, 0.5) is 8.78 Å². The topological polar surface area (TPSA) is 68.4 Å². The Labute approximate surface area is 132 Å². The molecule has 0 aliphatic heterocycles. The number of halogens is 2. The molecule has 1 aliphatic rings. The van der Waals surface area contributed by atoms with Gasteiger partial charge < -0.3 is 15.6 Å². The number of ether oxygens (including phenoxy) is 1. The molecule has 3 N–H and O–H groups in total. The molecular formula is C17H18F2N2O2. The number of aliphatic hydroxyl groups excluding tert-OH is 1. The molecule has 6 heteroatoms. The third kappa shape index (κ3) is 2.58. The minimum atomic E-state index is -1.16. The van der Waals surface area contributed by atoms with Gasteiger partial charge in [-0.1, -0.05) is 6.07 Å². The van der Waals surface area contributed by atoms with Gasteiger partial charge in [-0.25, -0.2) is 13.8 Å². The second kappa shape index (κ2) is 5.86. The Bertz CT molecular complexity index is 739. The van der Waals surface area contributed by atoms with Crippen LogP contribution in [0.3, 0.4) is 0 Å². The highest BCUT2D eigenvalue weighted by Crippen LogP contribution is 2.42. The quantitative estimate of drug-likeness (QED) is 0.907. The van der Waals surface area contributed by atoms with Crippen LogP contribution in [0.15, 0.2) is 30.5 Å². The summed E-state index contributed by atoms with van der Waals surface area (Å²) in [5.74, 6) is -1.32. The zero-order valence-electron chi connectivity index (χ0n) is 12.7. The second-order valence-corrected chi connectivity index (χ2v) is 5.88. The fourth-order valence-electron chi connectivity index (χ4n) is 3.36. The summed E-state index contributed by atoms with van der Waals surface area (Å²) in [5.41, 5.74) is 7.32. The van der Waals surface area contributed by atoms with Crippen molar-refractivity contribution < 1.29 is 18.6 Å². The van der Waals surface area contributed by atoms with Gasteiger partial charge in [-0.15, -0.1) is 0 Å². The van der Waals surface area contributed by atoms with Crippen molar-refractivity contribution in [2.75, 3.05) is 13.7 Å². The summed E-state index contributed by atoms with van der Waals surface area (Å²) < 4.78 is 32.8. The molecule has 4 nitrogen and oxygen atoms in total. The Morgan fingerprint density at radius 2 is 2.17 bits per heavy atom. The number of hydrogen-bond donors (Lipinski definition) is 2. The molecule has 0 spiro atoms. The van der Waals surface area contributed by atoms with E-state index in [1.54, 1.807) is 6.20 Å². The molecule has 3 rings (SSSR count). The van der Waals surface area contributed by atoms with Crippen LogP contribution < -0.4 is 10.5 Å². The van der Waals surface area contributed by atoms with Crippen molar-refractivity contribution in [2.24, 2.45) is 11.7 Å². The number of pyridine rings is 1. The molecule has 1 aliphatic carbocycles. The number of benzene rings is 1. The minimum Gasteiger partial charge on any atom is -0.481 e. The summed E-state index contributed by atoms with van der Waals surface area (Å²) in [6.07, 6.45) is 2.36. The highest BCUT2D eigenvalue weighted by molar-refractivity contribution is 5.43. The lowest BCUT2D eigenvalue weighted by Gasteiger charge is -2.42. The number of hydrogen-bond acceptors (Lipinski definition) is 4. The SMILES string of the molecule is COc1nccc2c1C[C@@](N)(c1ccc(F)cc1F)[C@H](CO)C2. The van der Waals surface area contributed by atoms with Crippen molar-refractivity contribution >= 4 is 0 Å². The molecule has 0 bridgehead atoms. The van der Waals surface area contributed by atoms with Crippen molar-refractivity contribution in [3.8, 4) is 5.88 Å². The fraction of sp³-hybridized carbons (Fsp3) is 0.353. The third-order valence-electron chi connectivity index (χ3n) is 4.62. The molecule has 1 aromatic heterocycles. The maximum absolute atomic E-state index is 14.3. The largest absolute Gasteiger partial charge is 0.481 e. The lowest BCUT2D eigenvalue weighted by atomic mass is 9.67. The molecule has 0 amide bonds. The number of aliphatic hydroxyl groups is 1. The van der Waals surface area contributed by atoms with E-state index >= 15 is 0 Å². The van der Waals surface area contributed by atoms with Crippen LogP contribution in [0, 0.1) is 17.6 Å². The van der Waals surface area contributed by atoms with Gasteiger partial charge in [0.2, 0.25) is 5.88 Å². The first-order chi connectivity index (χ1) is 11.0. The average Bonchev–Trinajstić information content (AvgIpc) is 2.53. The highest BCUT2D eigenvalue weighted by Gasteiger charge is 2.43. The predicted molar refractivity (Wildman–Crippen MR) is 81.0 cm³/mol. The Morgan fingerprint density at radius 1 is 1.39 bits per heavy atom. The molecule has 1 heterocycles. The molecule has 0 unspecified atom stereocenters. The number of nitrogens with zero attached hydrogens (tertiary/aromatic N) is 1. The van der Waals surface area contributed by atoms with E-state index in [1.807, 2.05) is 6.07 Å². The molecular weight excluding hydrogens is 302 g/mol. The maximum Gasteiger partial charge on any atom is 0.216 e. The number of fused-ring (bicyclic) bond motifs is 1. The van der Waals surface area contributed by atoms with Gasteiger partial charge in [-0.3, -0.25) is 0 Å². The van der Waals surface area contributed by atoms with Gasteiger partial charge in [0.05, 0.1) is 12.6 Å². The summed E-state index contributed by atoms with van der Waals surface area (Å²) in [4.78, 5) is 4.16. The van der Waals surface area contributed by atoms with Gasteiger partial charge in [0, 0.05) is 42.3 Å². The third-order valence-corrected chi connectivity index (χ3v) is 4.62. The monoisotopic (exact) mass is 320 g/mol. The predicted octanol–water partition coefficient (Wildman–Crippen LogP) is 1.93. The van der Waals surface area contributed by atoms with Crippen LogP contribution in [-0.4, -0.2) is 23.8 Å². The van der Waals surface area contributed by atoms with Gasteiger partial charge in [0.15, 0.2) is 0 Å². The van der Waals surface area contributed by atoms with Crippen LogP contribution in [-0.2, 0) is 18.4 Å². The average molecular weight is 320 g/mol. The molecule has 2 atom stereocenters. The van der Waals surface area contributed by atoms with Gasteiger partial charge in [-0.05, 0) is 24.1 Å². The van der Waals surface area contributed by atoms with E-state index in [9.17, 15) is 13.9 Å². The molecule has 0 saturated carbocycles. The number of rotatable bonds is 3. The van der Waals surface area contributed by atoms with E-state index in [-0.39, 0.29) is 24.5 Å². The number of nitrogens with two attached hydrogens (primary N) is 1. The van der Waals surface area contributed by atoms with Gasteiger partial charge in [-0.2, -0.15) is 0 Å². The molecule has 2 aromatic rings. The van der Waals surface area contributed by atoms with Gasteiger partial charge >= 0.3 is 0 Å².